The largest absolute Gasteiger partial charge is 0.337 e. The van der Waals surface area contributed by atoms with Crippen molar-refractivity contribution in [2.75, 3.05) is 31.8 Å². The van der Waals surface area contributed by atoms with Crippen molar-refractivity contribution in [1.29, 1.82) is 0 Å². The van der Waals surface area contributed by atoms with Crippen LogP contribution < -0.4 is 5.32 Å². The van der Waals surface area contributed by atoms with E-state index in [0.29, 0.717) is 18.3 Å². The normalized spacial score (nSPS) is 27.1. The van der Waals surface area contributed by atoms with Gasteiger partial charge >= 0.3 is 0 Å². The Morgan fingerprint density at radius 2 is 2.16 bits per heavy atom. The summed E-state index contributed by atoms with van der Waals surface area (Å²) in [6.07, 6.45) is 2.61. The summed E-state index contributed by atoms with van der Waals surface area (Å²) < 4.78 is 0. The summed E-state index contributed by atoms with van der Waals surface area (Å²) in [5, 5.41) is 3.15. The van der Waals surface area contributed by atoms with Gasteiger partial charge in [-0.2, -0.15) is 0 Å². The van der Waals surface area contributed by atoms with Gasteiger partial charge in [0.1, 0.15) is 6.04 Å². The van der Waals surface area contributed by atoms with Gasteiger partial charge in [0, 0.05) is 31.3 Å². The number of hydrogen-bond acceptors (Lipinski definition) is 4. The average molecular weight is 285 g/mol. The fraction of sp³-hybridized carbons (Fsp3) is 0.846. The van der Waals surface area contributed by atoms with Crippen molar-refractivity contribution in [2.24, 2.45) is 0 Å². The monoisotopic (exact) mass is 285 g/mol. The molecule has 6 heteroatoms. The van der Waals surface area contributed by atoms with Crippen LogP contribution in [0.2, 0.25) is 0 Å². The predicted octanol–water partition coefficient (Wildman–Crippen LogP) is 0.508. The van der Waals surface area contributed by atoms with Crippen LogP contribution in [0.4, 0.5) is 0 Å². The van der Waals surface area contributed by atoms with Crippen LogP contribution in [0.1, 0.15) is 26.2 Å². The van der Waals surface area contributed by atoms with Crippen LogP contribution in [0.25, 0.3) is 0 Å². The van der Waals surface area contributed by atoms with Crippen LogP contribution in [0.15, 0.2) is 0 Å². The highest BCUT2D eigenvalue weighted by Gasteiger charge is 2.39. The number of carbonyl (C=O) groups is 2. The molecule has 2 saturated heterocycles. The quantitative estimate of drug-likeness (QED) is 0.818. The highest BCUT2D eigenvalue weighted by molar-refractivity contribution is 7.99. The highest BCUT2D eigenvalue weighted by atomic mass is 32.2. The van der Waals surface area contributed by atoms with E-state index >= 15 is 0 Å². The van der Waals surface area contributed by atoms with Gasteiger partial charge in [0.2, 0.25) is 11.8 Å². The molecule has 0 saturated carbocycles. The maximum absolute atomic E-state index is 12.7. The van der Waals surface area contributed by atoms with E-state index in [4.69, 9.17) is 0 Å². The van der Waals surface area contributed by atoms with Crippen LogP contribution in [0, 0.1) is 0 Å². The molecule has 2 aliphatic heterocycles. The number of thioether (sulfide) groups is 1. The minimum Gasteiger partial charge on any atom is -0.337 e. The summed E-state index contributed by atoms with van der Waals surface area (Å²) >= 11 is 1.68. The lowest BCUT2D eigenvalue weighted by atomic mass is 10.2. The molecule has 2 atom stereocenters. The van der Waals surface area contributed by atoms with E-state index in [1.165, 1.54) is 0 Å². The third-order valence-corrected chi connectivity index (χ3v) is 4.90. The predicted molar refractivity (Wildman–Crippen MR) is 76.9 cm³/mol. The molecule has 2 heterocycles. The third-order valence-electron chi connectivity index (χ3n) is 3.89. The third kappa shape index (κ3) is 3.05. The Kier molecular flexibility index (Phi) is 5.10. The molecule has 2 amide bonds. The molecule has 2 aliphatic rings. The molecule has 2 rings (SSSR count). The molecular weight excluding hydrogens is 262 g/mol. The average Bonchev–Trinajstić information content (AvgIpc) is 3.06. The first-order valence-electron chi connectivity index (χ1n) is 7.01. The molecule has 0 aliphatic carbocycles. The Balaban J connectivity index is 2.03. The SMILES string of the molecule is CCC(=O)N1CSCC1C(=O)N1CCCC1CNC. The van der Waals surface area contributed by atoms with E-state index in [1.54, 1.807) is 16.7 Å². The number of nitrogens with zero attached hydrogens (tertiary/aromatic N) is 2. The summed E-state index contributed by atoms with van der Waals surface area (Å²) in [6.45, 7) is 3.53. The lowest BCUT2D eigenvalue weighted by molar-refractivity contribution is -0.143. The summed E-state index contributed by atoms with van der Waals surface area (Å²) in [5.74, 6) is 1.64. The zero-order valence-corrected chi connectivity index (χ0v) is 12.5. The van der Waals surface area contributed by atoms with Crippen LogP contribution in [-0.4, -0.2) is 65.5 Å². The second-order valence-corrected chi connectivity index (χ2v) is 6.12. The van der Waals surface area contributed by atoms with Gasteiger partial charge < -0.3 is 15.1 Å². The summed E-state index contributed by atoms with van der Waals surface area (Å²) in [5.41, 5.74) is 0. The van der Waals surface area contributed by atoms with Gasteiger partial charge in [-0.05, 0) is 19.9 Å². The molecule has 0 bridgehead atoms. The Bertz CT molecular complexity index is 351. The molecule has 1 N–H and O–H groups in total. The van der Waals surface area contributed by atoms with Crippen molar-refractivity contribution < 1.29 is 9.59 Å². The maximum atomic E-state index is 12.7. The number of rotatable bonds is 4. The maximum Gasteiger partial charge on any atom is 0.246 e. The van der Waals surface area contributed by atoms with Crippen molar-refractivity contribution in [3.63, 3.8) is 0 Å². The number of carbonyl (C=O) groups excluding carboxylic acids is 2. The van der Waals surface area contributed by atoms with Gasteiger partial charge in [0.15, 0.2) is 0 Å². The Labute approximate surface area is 119 Å². The molecule has 0 radical (unpaired) electrons. The summed E-state index contributed by atoms with van der Waals surface area (Å²) in [7, 11) is 1.92. The molecule has 5 nitrogen and oxygen atoms in total. The first-order valence-corrected chi connectivity index (χ1v) is 8.16. The second kappa shape index (κ2) is 6.61. The lowest BCUT2D eigenvalue weighted by Crippen LogP contribution is -2.51. The first-order chi connectivity index (χ1) is 9.19. The van der Waals surface area contributed by atoms with E-state index in [2.05, 4.69) is 5.32 Å². The van der Waals surface area contributed by atoms with E-state index < -0.39 is 0 Å². The van der Waals surface area contributed by atoms with Gasteiger partial charge in [-0.3, -0.25) is 9.59 Å². The minimum absolute atomic E-state index is 0.0905. The van der Waals surface area contributed by atoms with Gasteiger partial charge in [-0.1, -0.05) is 6.92 Å². The van der Waals surface area contributed by atoms with Crippen molar-refractivity contribution in [3.8, 4) is 0 Å². The fourth-order valence-corrected chi connectivity index (χ4v) is 4.03. The molecule has 2 fully saturated rings. The number of likely N-dealkylation sites (tertiary alicyclic amines) is 1. The molecular formula is C13H23N3O2S. The molecule has 19 heavy (non-hydrogen) atoms. The lowest BCUT2D eigenvalue weighted by Gasteiger charge is -2.30. The van der Waals surface area contributed by atoms with Crippen LogP contribution >= 0.6 is 11.8 Å². The van der Waals surface area contributed by atoms with E-state index in [9.17, 15) is 9.59 Å². The Morgan fingerprint density at radius 3 is 2.84 bits per heavy atom. The van der Waals surface area contributed by atoms with Gasteiger partial charge in [0.05, 0.1) is 5.88 Å². The van der Waals surface area contributed by atoms with Gasteiger partial charge in [0.25, 0.3) is 0 Å². The van der Waals surface area contributed by atoms with Crippen molar-refractivity contribution in [3.05, 3.63) is 0 Å². The van der Waals surface area contributed by atoms with Crippen molar-refractivity contribution >= 4 is 23.6 Å². The van der Waals surface area contributed by atoms with E-state index in [1.807, 2.05) is 18.9 Å². The van der Waals surface area contributed by atoms with Gasteiger partial charge in [-0.15, -0.1) is 11.8 Å². The summed E-state index contributed by atoms with van der Waals surface area (Å²) in [6, 6.07) is 0.0524. The minimum atomic E-state index is -0.241. The molecule has 0 aromatic carbocycles. The Morgan fingerprint density at radius 1 is 1.37 bits per heavy atom. The molecule has 2 unspecified atom stereocenters. The van der Waals surface area contributed by atoms with Crippen LogP contribution in [0.3, 0.4) is 0 Å². The molecule has 0 aromatic rings. The molecule has 0 spiro atoms. The first kappa shape index (κ1) is 14.7. The molecule has 108 valence electrons. The van der Waals surface area contributed by atoms with Gasteiger partial charge in [-0.25, -0.2) is 0 Å². The van der Waals surface area contributed by atoms with Crippen LogP contribution in [-0.2, 0) is 9.59 Å². The van der Waals surface area contributed by atoms with Crippen LogP contribution in [0.5, 0.6) is 0 Å². The topological polar surface area (TPSA) is 52.7 Å². The zero-order valence-electron chi connectivity index (χ0n) is 11.7. The summed E-state index contributed by atoms with van der Waals surface area (Å²) in [4.78, 5) is 28.3. The number of nitrogens with one attached hydrogen (secondary N) is 1. The van der Waals surface area contributed by atoms with E-state index in [-0.39, 0.29) is 17.9 Å². The smallest absolute Gasteiger partial charge is 0.246 e. The fourth-order valence-electron chi connectivity index (χ4n) is 2.86. The number of amides is 2. The second-order valence-electron chi connectivity index (χ2n) is 5.12. The van der Waals surface area contributed by atoms with E-state index in [0.717, 1.165) is 31.7 Å². The number of hydrogen-bond donors (Lipinski definition) is 1. The standard InChI is InChI=1S/C13H23N3O2S/c1-3-12(17)16-9-19-8-11(16)13(18)15-6-4-5-10(15)7-14-2/h10-11,14H,3-9H2,1-2H3. The zero-order chi connectivity index (χ0) is 13.8. The highest BCUT2D eigenvalue weighted by Crippen LogP contribution is 2.26. The number of likely N-dealkylation sites (N-methyl/N-ethyl adjacent to an activating group) is 1. The Hall–Kier alpha value is -0.750. The van der Waals surface area contributed by atoms with Crippen molar-refractivity contribution in [2.45, 2.75) is 38.3 Å². The molecule has 0 aromatic heterocycles. The van der Waals surface area contributed by atoms with Crippen molar-refractivity contribution in [1.82, 2.24) is 15.1 Å².